The highest BCUT2D eigenvalue weighted by Gasteiger charge is 2.18. The first-order chi connectivity index (χ1) is 14.9. The highest BCUT2D eigenvalue weighted by Crippen LogP contribution is 2.22. The molecule has 2 aromatic carbocycles. The van der Waals surface area contributed by atoms with Crippen LogP contribution in [0.25, 0.3) is 16.7 Å². The number of rotatable bonds is 7. The van der Waals surface area contributed by atoms with Gasteiger partial charge >= 0.3 is 0 Å². The van der Waals surface area contributed by atoms with Crippen molar-refractivity contribution < 1.29 is 9.18 Å². The number of aromatic nitrogens is 4. The van der Waals surface area contributed by atoms with Crippen LogP contribution in [0.2, 0.25) is 0 Å². The van der Waals surface area contributed by atoms with Crippen molar-refractivity contribution in [3.05, 3.63) is 70.3 Å². The Labute approximate surface area is 182 Å². The minimum Gasteiger partial charge on any atom is -0.351 e. The fraction of sp³-hybridized carbons (Fsp3) is 0.273. The van der Waals surface area contributed by atoms with Crippen LogP contribution in [-0.2, 0) is 17.9 Å². The first-order valence-electron chi connectivity index (χ1n) is 9.94. The third-order valence-electron chi connectivity index (χ3n) is 4.75. The molecule has 0 saturated heterocycles. The lowest BCUT2D eigenvalue weighted by Crippen LogP contribution is -2.26. The summed E-state index contributed by atoms with van der Waals surface area (Å²) in [5.41, 5.74) is 1.22. The smallest absolute Gasteiger partial charge is 0.262 e. The number of benzene rings is 2. The number of thioether (sulfide) groups is 1. The molecule has 2 heterocycles. The Hall–Kier alpha value is -3.20. The number of carbonyl (C=O) groups excluding carboxylic acids is 1. The van der Waals surface area contributed by atoms with Crippen LogP contribution in [0.3, 0.4) is 0 Å². The average Bonchev–Trinajstić information content (AvgIpc) is 3.18. The summed E-state index contributed by atoms with van der Waals surface area (Å²) in [4.78, 5) is 25.3. The summed E-state index contributed by atoms with van der Waals surface area (Å²) in [5, 5.41) is 12.0. The quantitative estimate of drug-likeness (QED) is 0.447. The van der Waals surface area contributed by atoms with Gasteiger partial charge in [-0.25, -0.2) is 4.39 Å². The van der Waals surface area contributed by atoms with Crippen molar-refractivity contribution in [3.8, 4) is 0 Å². The average molecular weight is 440 g/mol. The van der Waals surface area contributed by atoms with Gasteiger partial charge in [0.1, 0.15) is 5.82 Å². The van der Waals surface area contributed by atoms with Gasteiger partial charge in [-0.2, -0.15) is 0 Å². The Morgan fingerprint density at radius 1 is 1.16 bits per heavy atom. The number of fused-ring (bicyclic) bond motifs is 3. The van der Waals surface area contributed by atoms with Gasteiger partial charge in [-0.15, -0.1) is 10.2 Å². The summed E-state index contributed by atoms with van der Waals surface area (Å²) in [6, 6.07) is 13.7. The predicted octanol–water partition coefficient (Wildman–Crippen LogP) is 3.25. The van der Waals surface area contributed by atoms with E-state index in [1.54, 1.807) is 10.5 Å². The maximum absolute atomic E-state index is 13.9. The topological polar surface area (TPSA) is 81.3 Å². The molecule has 1 amide bonds. The number of carbonyl (C=O) groups is 1. The van der Waals surface area contributed by atoms with Crippen LogP contribution in [0.15, 0.2) is 58.5 Å². The highest BCUT2D eigenvalue weighted by atomic mass is 32.2. The summed E-state index contributed by atoms with van der Waals surface area (Å²) in [7, 11) is 0. The molecule has 7 nitrogen and oxygen atoms in total. The number of amides is 1. The van der Waals surface area contributed by atoms with Gasteiger partial charge < -0.3 is 5.32 Å². The van der Waals surface area contributed by atoms with E-state index in [2.05, 4.69) is 15.5 Å². The van der Waals surface area contributed by atoms with Crippen LogP contribution in [0.1, 0.15) is 19.4 Å². The van der Waals surface area contributed by atoms with E-state index in [-0.39, 0.29) is 28.5 Å². The number of hydrogen-bond donors (Lipinski definition) is 1. The molecule has 1 N–H and O–H groups in total. The zero-order chi connectivity index (χ0) is 22.0. The molecule has 0 aliphatic rings. The van der Waals surface area contributed by atoms with Crippen LogP contribution in [0.5, 0.6) is 0 Å². The molecule has 0 atom stereocenters. The first-order valence-corrected chi connectivity index (χ1v) is 10.9. The van der Waals surface area contributed by atoms with Crippen molar-refractivity contribution in [1.82, 2.24) is 24.5 Å². The van der Waals surface area contributed by atoms with Crippen LogP contribution < -0.4 is 10.9 Å². The SMILES string of the molecule is CC(C)Cn1c(=O)c2cc(F)ccc2n2c(SCC(=O)NCc3ccccc3)nnc12. The maximum Gasteiger partial charge on any atom is 0.262 e. The molecule has 0 radical (unpaired) electrons. The Kier molecular flexibility index (Phi) is 6.03. The van der Waals surface area contributed by atoms with Crippen molar-refractivity contribution in [1.29, 1.82) is 0 Å². The number of nitrogens with one attached hydrogen (secondary N) is 1. The zero-order valence-corrected chi connectivity index (χ0v) is 18.0. The monoisotopic (exact) mass is 439 g/mol. The van der Waals surface area contributed by atoms with E-state index < -0.39 is 5.82 Å². The lowest BCUT2D eigenvalue weighted by atomic mass is 10.2. The normalized spacial score (nSPS) is 11.5. The van der Waals surface area contributed by atoms with Crippen LogP contribution in [0.4, 0.5) is 4.39 Å². The van der Waals surface area contributed by atoms with E-state index in [1.165, 1.54) is 28.5 Å². The lowest BCUT2D eigenvalue weighted by Gasteiger charge is -2.13. The molecule has 4 rings (SSSR count). The van der Waals surface area contributed by atoms with Gasteiger partial charge in [-0.1, -0.05) is 55.9 Å². The number of nitrogens with zero attached hydrogens (tertiary/aromatic N) is 4. The van der Waals surface area contributed by atoms with E-state index in [1.807, 2.05) is 44.2 Å². The second-order valence-corrected chi connectivity index (χ2v) is 8.58. The Bertz CT molecular complexity index is 1300. The van der Waals surface area contributed by atoms with Gasteiger partial charge in [0.25, 0.3) is 5.56 Å². The molecule has 2 aromatic heterocycles. The molecule has 0 spiro atoms. The molecular formula is C22H22FN5O2S. The molecule has 0 saturated carbocycles. The molecule has 31 heavy (non-hydrogen) atoms. The molecule has 0 aliphatic heterocycles. The second-order valence-electron chi connectivity index (χ2n) is 7.64. The predicted molar refractivity (Wildman–Crippen MR) is 119 cm³/mol. The van der Waals surface area contributed by atoms with Gasteiger partial charge in [-0.05, 0) is 29.7 Å². The van der Waals surface area contributed by atoms with Crippen LogP contribution in [-0.4, -0.2) is 30.8 Å². The third kappa shape index (κ3) is 4.46. The van der Waals surface area contributed by atoms with Crippen molar-refractivity contribution >= 4 is 34.3 Å². The van der Waals surface area contributed by atoms with E-state index in [0.29, 0.717) is 29.5 Å². The molecule has 0 bridgehead atoms. The molecule has 0 aliphatic carbocycles. The van der Waals surface area contributed by atoms with Gasteiger partial charge in [0, 0.05) is 13.1 Å². The molecule has 0 unspecified atom stereocenters. The lowest BCUT2D eigenvalue weighted by molar-refractivity contribution is -0.118. The third-order valence-corrected chi connectivity index (χ3v) is 5.67. The summed E-state index contributed by atoms with van der Waals surface area (Å²) in [5.74, 6) is 0.0766. The standard InChI is InChI=1S/C22H22FN5O2S/c1-14(2)12-27-20(30)17-10-16(23)8-9-18(17)28-21(27)25-26-22(28)31-13-19(29)24-11-15-6-4-3-5-7-15/h3-10,14H,11-13H2,1-2H3,(H,24,29). The van der Waals surface area contributed by atoms with Gasteiger partial charge in [0.15, 0.2) is 5.16 Å². The minimum atomic E-state index is -0.484. The second kappa shape index (κ2) is 8.89. The summed E-state index contributed by atoms with van der Waals surface area (Å²) >= 11 is 1.22. The van der Waals surface area contributed by atoms with Gasteiger partial charge in [-0.3, -0.25) is 18.6 Å². The summed E-state index contributed by atoms with van der Waals surface area (Å²) in [6.45, 7) is 4.84. The molecule has 160 valence electrons. The van der Waals surface area contributed by atoms with Crippen molar-refractivity contribution in [2.45, 2.75) is 32.1 Å². The van der Waals surface area contributed by atoms with E-state index in [4.69, 9.17) is 0 Å². The Morgan fingerprint density at radius 3 is 2.68 bits per heavy atom. The number of hydrogen-bond acceptors (Lipinski definition) is 5. The highest BCUT2D eigenvalue weighted by molar-refractivity contribution is 7.99. The van der Waals surface area contributed by atoms with E-state index >= 15 is 0 Å². The van der Waals surface area contributed by atoms with E-state index in [0.717, 1.165) is 5.56 Å². The largest absolute Gasteiger partial charge is 0.351 e. The fourth-order valence-corrected chi connectivity index (χ4v) is 4.13. The Balaban J connectivity index is 1.64. The molecule has 4 aromatic rings. The molecular weight excluding hydrogens is 417 g/mol. The zero-order valence-electron chi connectivity index (χ0n) is 17.2. The van der Waals surface area contributed by atoms with Crippen LogP contribution in [0, 0.1) is 11.7 Å². The van der Waals surface area contributed by atoms with E-state index in [9.17, 15) is 14.0 Å². The Morgan fingerprint density at radius 2 is 1.94 bits per heavy atom. The number of halogens is 1. The van der Waals surface area contributed by atoms with Crippen molar-refractivity contribution in [3.63, 3.8) is 0 Å². The molecule has 9 heteroatoms. The fourth-order valence-electron chi connectivity index (χ4n) is 3.36. The summed E-state index contributed by atoms with van der Waals surface area (Å²) < 4.78 is 17.1. The summed E-state index contributed by atoms with van der Waals surface area (Å²) in [6.07, 6.45) is 0. The maximum atomic E-state index is 13.9. The van der Waals surface area contributed by atoms with Gasteiger partial charge in [0.2, 0.25) is 11.7 Å². The minimum absolute atomic E-state index is 0.139. The first kappa shape index (κ1) is 21.0. The van der Waals surface area contributed by atoms with Gasteiger partial charge in [0.05, 0.1) is 16.7 Å². The molecule has 0 fully saturated rings. The van der Waals surface area contributed by atoms with Crippen LogP contribution >= 0.6 is 11.8 Å². The van der Waals surface area contributed by atoms with Crippen molar-refractivity contribution in [2.75, 3.05) is 5.75 Å². The van der Waals surface area contributed by atoms with Crippen molar-refractivity contribution in [2.24, 2.45) is 5.92 Å².